The minimum Gasteiger partial charge on any atom is -0.508 e. The van der Waals surface area contributed by atoms with E-state index < -0.39 is 10.0 Å². The molecule has 0 amide bonds. The van der Waals surface area contributed by atoms with Crippen LogP contribution in [0.15, 0.2) is 47.4 Å². The Labute approximate surface area is 174 Å². The lowest BCUT2D eigenvalue weighted by Crippen LogP contribution is -2.48. The van der Waals surface area contributed by atoms with E-state index in [4.69, 9.17) is 0 Å². The van der Waals surface area contributed by atoms with Gasteiger partial charge in [-0.2, -0.15) is 4.31 Å². The predicted molar refractivity (Wildman–Crippen MR) is 115 cm³/mol. The van der Waals surface area contributed by atoms with Gasteiger partial charge >= 0.3 is 0 Å². The van der Waals surface area contributed by atoms with E-state index in [2.05, 4.69) is 4.90 Å². The Kier molecular flexibility index (Phi) is 5.95. The van der Waals surface area contributed by atoms with Crippen molar-refractivity contribution in [3.63, 3.8) is 0 Å². The number of phenols is 1. The second kappa shape index (κ2) is 8.46. The molecule has 0 spiro atoms. The number of aromatic hydroxyl groups is 1. The number of aryl methyl sites for hydroxylation is 1. The second-order valence-electron chi connectivity index (χ2n) is 8.26. The van der Waals surface area contributed by atoms with E-state index in [-0.39, 0.29) is 5.75 Å². The number of likely N-dealkylation sites (tertiary alicyclic amines) is 1. The van der Waals surface area contributed by atoms with Crippen molar-refractivity contribution >= 4 is 10.0 Å². The Morgan fingerprint density at radius 1 is 0.897 bits per heavy atom. The Balaban J connectivity index is 1.47. The van der Waals surface area contributed by atoms with Gasteiger partial charge in [-0.1, -0.05) is 24.6 Å². The average molecular weight is 415 g/mol. The summed E-state index contributed by atoms with van der Waals surface area (Å²) in [5.74, 6) is 0.221. The van der Waals surface area contributed by atoms with E-state index in [1.54, 1.807) is 28.6 Å². The molecular weight excluding hydrogens is 384 g/mol. The molecule has 0 bridgehead atoms. The van der Waals surface area contributed by atoms with Crippen LogP contribution in [-0.2, 0) is 10.0 Å². The maximum absolute atomic E-state index is 13.2. The van der Waals surface area contributed by atoms with Gasteiger partial charge in [-0.15, -0.1) is 0 Å². The Morgan fingerprint density at radius 2 is 1.55 bits per heavy atom. The van der Waals surface area contributed by atoms with Gasteiger partial charge in [0.25, 0.3) is 0 Å². The summed E-state index contributed by atoms with van der Waals surface area (Å²) >= 11 is 0. The van der Waals surface area contributed by atoms with Gasteiger partial charge in [0, 0.05) is 19.1 Å². The minimum absolute atomic E-state index is 0.221. The quantitative estimate of drug-likeness (QED) is 0.821. The molecule has 0 aliphatic carbocycles. The van der Waals surface area contributed by atoms with Crippen LogP contribution in [0.1, 0.15) is 37.7 Å². The topological polar surface area (TPSA) is 60.9 Å². The highest BCUT2D eigenvalue weighted by molar-refractivity contribution is 7.89. The summed E-state index contributed by atoms with van der Waals surface area (Å²) in [5, 5.41) is 9.48. The van der Waals surface area contributed by atoms with Crippen molar-refractivity contribution in [1.29, 1.82) is 0 Å². The van der Waals surface area contributed by atoms with Gasteiger partial charge in [0.1, 0.15) is 5.75 Å². The van der Waals surface area contributed by atoms with Gasteiger partial charge in [0.05, 0.1) is 4.90 Å². The Bertz CT molecular complexity index is 943. The molecule has 0 saturated carbocycles. The number of piperidine rings is 2. The maximum atomic E-state index is 13.2. The molecule has 0 aromatic heterocycles. The first-order chi connectivity index (χ1) is 13.9. The van der Waals surface area contributed by atoms with Crippen LogP contribution in [0.2, 0.25) is 0 Å². The molecule has 2 aromatic carbocycles. The second-order valence-corrected chi connectivity index (χ2v) is 10.2. The normalized spacial score (nSPS) is 20.0. The molecule has 0 unspecified atom stereocenters. The van der Waals surface area contributed by atoms with Crippen molar-refractivity contribution in [2.75, 3.05) is 26.2 Å². The van der Waals surface area contributed by atoms with E-state index in [0.29, 0.717) is 24.0 Å². The van der Waals surface area contributed by atoms with Crippen molar-refractivity contribution in [1.82, 2.24) is 9.21 Å². The molecule has 2 heterocycles. The van der Waals surface area contributed by atoms with Crippen LogP contribution in [0.4, 0.5) is 0 Å². The fraction of sp³-hybridized carbons (Fsp3) is 0.478. The monoisotopic (exact) mass is 414 g/mol. The average Bonchev–Trinajstić information content (AvgIpc) is 2.75. The highest BCUT2D eigenvalue weighted by Crippen LogP contribution is 2.30. The van der Waals surface area contributed by atoms with Crippen molar-refractivity contribution in [3.8, 4) is 16.9 Å². The molecule has 5 nitrogen and oxygen atoms in total. The molecule has 29 heavy (non-hydrogen) atoms. The molecule has 2 aliphatic rings. The Morgan fingerprint density at radius 3 is 2.17 bits per heavy atom. The lowest BCUT2D eigenvalue weighted by molar-refractivity contribution is 0.118. The summed E-state index contributed by atoms with van der Waals surface area (Å²) in [4.78, 5) is 2.93. The van der Waals surface area contributed by atoms with Crippen LogP contribution in [0.25, 0.3) is 11.1 Å². The van der Waals surface area contributed by atoms with Crippen LogP contribution in [-0.4, -0.2) is 55.0 Å². The zero-order valence-electron chi connectivity index (χ0n) is 17.0. The SMILES string of the molecule is Cc1cc(S(=O)(=O)N2CCC(N3CCCCC3)CC2)ccc1-c1ccc(O)cc1. The molecule has 2 aromatic rings. The van der Waals surface area contributed by atoms with Gasteiger partial charge < -0.3 is 10.0 Å². The standard InChI is InChI=1S/C23H30N2O3S/c1-18-17-22(9-10-23(18)19-5-7-21(26)8-6-19)29(27,28)25-15-11-20(12-16-25)24-13-3-2-4-14-24/h5-10,17,20,26H,2-4,11-16H2,1H3. The fourth-order valence-electron chi connectivity index (χ4n) is 4.64. The van der Waals surface area contributed by atoms with E-state index in [9.17, 15) is 13.5 Å². The summed E-state index contributed by atoms with van der Waals surface area (Å²) in [6.45, 7) is 5.46. The number of benzene rings is 2. The van der Waals surface area contributed by atoms with E-state index in [1.165, 1.54) is 19.3 Å². The zero-order chi connectivity index (χ0) is 20.4. The first kappa shape index (κ1) is 20.4. The van der Waals surface area contributed by atoms with Crippen LogP contribution in [0, 0.1) is 6.92 Å². The number of phenolic OH excluding ortho intramolecular Hbond substituents is 1. The van der Waals surface area contributed by atoms with Crippen molar-refractivity contribution < 1.29 is 13.5 Å². The van der Waals surface area contributed by atoms with Gasteiger partial charge in [-0.3, -0.25) is 0 Å². The molecule has 1 N–H and O–H groups in total. The maximum Gasteiger partial charge on any atom is 0.243 e. The molecule has 2 fully saturated rings. The molecule has 6 heteroatoms. The molecule has 2 aliphatic heterocycles. The van der Waals surface area contributed by atoms with E-state index in [0.717, 1.165) is 42.6 Å². The summed E-state index contributed by atoms with van der Waals surface area (Å²) < 4.78 is 28.0. The largest absolute Gasteiger partial charge is 0.508 e. The molecule has 0 radical (unpaired) electrons. The number of sulfonamides is 1. The smallest absolute Gasteiger partial charge is 0.243 e. The molecule has 2 saturated heterocycles. The van der Waals surface area contributed by atoms with E-state index >= 15 is 0 Å². The van der Waals surface area contributed by atoms with Crippen LogP contribution in [0.5, 0.6) is 5.75 Å². The number of rotatable bonds is 4. The van der Waals surface area contributed by atoms with Crippen molar-refractivity contribution in [2.24, 2.45) is 0 Å². The van der Waals surface area contributed by atoms with Gasteiger partial charge in [0.2, 0.25) is 10.0 Å². The lowest BCUT2D eigenvalue weighted by Gasteiger charge is -2.39. The zero-order valence-corrected chi connectivity index (χ0v) is 17.9. The van der Waals surface area contributed by atoms with Gasteiger partial charge in [-0.25, -0.2) is 8.42 Å². The third-order valence-electron chi connectivity index (χ3n) is 6.34. The van der Waals surface area contributed by atoms with Gasteiger partial charge in [-0.05, 0) is 86.7 Å². The highest BCUT2D eigenvalue weighted by atomic mass is 32.2. The first-order valence-electron chi connectivity index (χ1n) is 10.6. The van der Waals surface area contributed by atoms with Crippen molar-refractivity contribution in [3.05, 3.63) is 48.0 Å². The molecular formula is C23H30N2O3S. The third kappa shape index (κ3) is 4.34. The number of nitrogens with zero attached hydrogens (tertiary/aromatic N) is 2. The molecule has 156 valence electrons. The Hall–Kier alpha value is -1.89. The summed E-state index contributed by atoms with van der Waals surface area (Å²) in [5.41, 5.74) is 2.86. The minimum atomic E-state index is -3.47. The predicted octanol–water partition coefficient (Wildman–Crippen LogP) is 4.01. The first-order valence-corrected chi connectivity index (χ1v) is 12.0. The van der Waals surface area contributed by atoms with Crippen molar-refractivity contribution in [2.45, 2.75) is 50.0 Å². The highest BCUT2D eigenvalue weighted by Gasteiger charge is 2.32. The van der Waals surface area contributed by atoms with Gasteiger partial charge in [0.15, 0.2) is 0 Å². The van der Waals surface area contributed by atoms with Crippen LogP contribution in [0.3, 0.4) is 0 Å². The summed E-state index contributed by atoms with van der Waals surface area (Å²) in [6, 6.07) is 12.9. The van der Waals surface area contributed by atoms with Crippen LogP contribution < -0.4 is 0 Å². The summed E-state index contributed by atoms with van der Waals surface area (Å²) in [6.07, 6.45) is 5.70. The van der Waals surface area contributed by atoms with E-state index in [1.807, 2.05) is 25.1 Å². The third-order valence-corrected chi connectivity index (χ3v) is 8.24. The molecule has 0 atom stereocenters. The molecule has 4 rings (SSSR count). The number of hydrogen-bond acceptors (Lipinski definition) is 4. The summed E-state index contributed by atoms with van der Waals surface area (Å²) in [7, 11) is -3.47. The number of hydrogen-bond donors (Lipinski definition) is 1. The van der Waals surface area contributed by atoms with Crippen LogP contribution >= 0.6 is 0 Å². The fourth-order valence-corrected chi connectivity index (χ4v) is 6.20. The lowest BCUT2D eigenvalue weighted by atomic mass is 10.0.